The molecule has 2 aliphatic rings. The van der Waals surface area contributed by atoms with Crippen LogP contribution in [0.3, 0.4) is 0 Å². The Morgan fingerprint density at radius 3 is 2.14 bits per heavy atom. The molecule has 1 N–H and O–H groups in total. The van der Waals surface area contributed by atoms with Crippen molar-refractivity contribution in [3.05, 3.63) is 27.7 Å². The average molecular weight is 428 g/mol. The van der Waals surface area contributed by atoms with Crippen LogP contribution in [0.2, 0.25) is 0 Å². The molecule has 0 unspecified atom stereocenters. The molecule has 0 aromatic carbocycles. The van der Waals surface area contributed by atoms with Gasteiger partial charge in [0, 0.05) is 72.2 Å². The summed E-state index contributed by atoms with van der Waals surface area (Å²) in [5, 5.41) is 10.4. The SMILES string of the molecule is CN(C)S(=O)(=O)N1CCN(Cc2c(O)c(=O)cc(CN3CCCCC3)n2C)CC1. The average Bonchev–Trinajstić information content (AvgIpc) is 2.70. The van der Waals surface area contributed by atoms with E-state index < -0.39 is 10.2 Å². The van der Waals surface area contributed by atoms with Crippen molar-refractivity contribution in [3.63, 3.8) is 0 Å². The number of nitrogens with zero attached hydrogens (tertiary/aromatic N) is 5. The highest BCUT2D eigenvalue weighted by Crippen LogP contribution is 2.20. The van der Waals surface area contributed by atoms with Gasteiger partial charge in [0.15, 0.2) is 5.75 Å². The maximum atomic E-state index is 12.4. The highest BCUT2D eigenvalue weighted by molar-refractivity contribution is 7.86. The van der Waals surface area contributed by atoms with Crippen LogP contribution in [-0.2, 0) is 30.3 Å². The minimum Gasteiger partial charge on any atom is -0.503 e. The fourth-order valence-corrected chi connectivity index (χ4v) is 5.12. The van der Waals surface area contributed by atoms with Crippen molar-refractivity contribution in [1.29, 1.82) is 0 Å². The van der Waals surface area contributed by atoms with Crippen LogP contribution < -0.4 is 5.43 Å². The molecule has 0 atom stereocenters. The van der Waals surface area contributed by atoms with Gasteiger partial charge in [-0.25, -0.2) is 0 Å². The van der Waals surface area contributed by atoms with Crippen LogP contribution in [-0.4, -0.2) is 89.9 Å². The van der Waals surface area contributed by atoms with Crippen molar-refractivity contribution in [1.82, 2.24) is 23.0 Å². The minimum absolute atomic E-state index is 0.210. The first-order valence-corrected chi connectivity index (χ1v) is 11.6. The molecule has 2 fully saturated rings. The van der Waals surface area contributed by atoms with Crippen LogP contribution in [0, 0.1) is 0 Å². The highest BCUT2D eigenvalue weighted by Gasteiger charge is 2.29. The summed E-state index contributed by atoms with van der Waals surface area (Å²) in [7, 11) is 1.54. The monoisotopic (exact) mass is 427 g/mol. The second-order valence-electron chi connectivity index (χ2n) is 8.16. The molecule has 164 valence electrons. The Morgan fingerprint density at radius 2 is 1.55 bits per heavy atom. The molecule has 2 saturated heterocycles. The molecule has 1 aromatic rings. The quantitative estimate of drug-likeness (QED) is 0.688. The van der Waals surface area contributed by atoms with Crippen LogP contribution in [0.25, 0.3) is 0 Å². The number of hydrogen-bond donors (Lipinski definition) is 1. The van der Waals surface area contributed by atoms with Crippen LogP contribution >= 0.6 is 0 Å². The number of piperazine rings is 1. The van der Waals surface area contributed by atoms with Crippen molar-refractivity contribution >= 4 is 10.2 Å². The molecule has 0 radical (unpaired) electrons. The van der Waals surface area contributed by atoms with E-state index in [1.54, 1.807) is 0 Å². The zero-order valence-electron chi connectivity index (χ0n) is 17.7. The van der Waals surface area contributed by atoms with E-state index in [0.717, 1.165) is 18.8 Å². The van der Waals surface area contributed by atoms with Crippen LogP contribution in [0.1, 0.15) is 30.7 Å². The lowest BCUT2D eigenvalue weighted by Gasteiger charge is -2.35. The first kappa shape index (κ1) is 22.2. The first-order chi connectivity index (χ1) is 13.7. The van der Waals surface area contributed by atoms with E-state index in [9.17, 15) is 18.3 Å². The zero-order chi connectivity index (χ0) is 21.2. The zero-order valence-corrected chi connectivity index (χ0v) is 18.5. The van der Waals surface area contributed by atoms with Crippen molar-refractivity contribution in [3.8, 4) is 5.75 Å². The molecule has 0 spiro atoms. The summed E-state index contributed by atoms with van der Waals surface area (Å²) in [6.07, 6.45) is 3.61. The van der Waals surface area contributed by atoms with E-state index >= 15 is 0 Å². The summed E-state index contributed by atoms with van der Waals surface area (Å²) >= 11 is 0. The predicted octanol–water partition coefficient (Wildman–Crippen LogP) is 0.000800. The van der Waals surface area contributed by atoms with Gasteiger partial charge in [-0.3, -0.25) is 14.6 Å². The van der Waals surface area contributed by atoms with Crippen molar-refractivity contribution < 1.29 is 13.5 Å². The van der Waals surface area contributed by atoms with E-state index in [-0.39, 0.29) is 11.2 Å². The standard InChI is InChI=1S/C19H33N5O4S/c1-20(2)29(27,28)24-11-9-23(10-12-24)15-17-19(26)18(25)13-16(21(17)3)14-22-7-5-4-6-8-22/h13,26H,4-12,14-15H2,1-3H3. The Labute approximate surface area is 173 Å². The van der Waals surface area contributed by atoms with Gasteiger partial charge in [-0.15, -0.1) is 0 Å². The van der Waals surface area contributed by atoms with Gasteiger partial charge in [-0.2, -0.15) is 17.0 Å². The fourth-order valence-electron chi connectivity index (χ4n) is 4.03. The molecule has 1 aromatic heterocycles. The van der Waals surface area contributed by atoms with Gasteiger partial charge < -0.3 is 9.67 Å². The summed E-state index contributed by atoms with van der Waals surface area (Å²) < 4.78 is 29.2. The normalized spacial score (nSPS) is 20.4. The summed E-state index contributed by atoms with van der Waals surface area (Å²) in [6.45, 7) is 5.08. The molecule has 0 saturated carbocycles. The number of aromatic hydroxyl groups is 1. The lowest BCUT2D eigenvalue weighted by Crippen LogP contribution is -2.51. The predicted molar refractivity (Wildman–Crippen MR) is 112 cm³/mol. The largest absolute Gasteiger partial charge is 0.503 e. The minimum atomic E-state index is -3.41. The second kappa shape index (κ2) is 9.13. The fraction of sp³-hybridized carbons (Fsp3) is 0.737. The Morgan fingerprint density at radius 1 is 0.966 bits per heavy atom. The van der Waals surface area contributed by atoms with E-state index in [4.69, 9.17) is 0 Å². The molecule has 3 heterocycles. The molecule has 29 heavy (non-hydrogen) atoms. The Balaban J connectivity index is 1.71. The molecule has 0 amide bonds. The number of pyridine rings is 1. The lowest BCUT2D eigenvalue weighted by atomic mass is 10.1. The maximum Gasteiger partial charge on any atom is 0.281 e. The maximum absolute atomic E-state index is 12.4. The van der Waals surface area contributed by atoms with Crippen LogP contribution in [0.4, 0.5) is 0 Å². The number of piperidine rings is 1. The van der Waals surface area contributed by atoms with Crippen molar-refractivity contribution in [2.75, 3.05) is 53.4 Å². The third-order valence-electron chi connectivity index (χ3n) is 5.97. The summed E-state index contributed by atoms with van der Waals surface area (Å²) in [5.41, 5.74) is 1.14. The third kappa shape index (κ3) is 5.00. The van der Waals surface area contributed by atoms with Gasteiger partial charge in [-0.1, -0.05) is 6.42 Å². The van der Waals surface area contributed by atoms with Gasteiger partial charge in [-0.05, 0) is 25.9 Å². The second-order valence-corrected chi connectivity index (χ2v) is 10.3. The van der Waals surface area contributed by atoms with Gasteiger partial charge in [0.2, 0.25) is 5.43 Å². The first-order valence-electron chi connectivity index (χ1n) is 10.2. The summed E-state index contributed by atoms with van der Waals surface area (Å²) in [4.78, 5) is 16.8. The van der Waals surface area contributed by atoms with Crippen molar-refractivity contribution in [2.24, 2.45) is 7.05 Å². The molecule has 3 rings (SSSR count). The molecule has 0 bridgehead atoms. The Hall–Kier alpha value is -1.46. The van der Waals surface area contributed by atoms with Crippen LogP contribution in [0.5, 0.6) is 5.75 Å². The van der Waals surface area contributed by atoms with E-state index in [2.05, 4.69) is 9.80 Å². The highest BCUT2D eigenvalue weighted by atomic mass is 32.2. The third-order valence-corrected chi connectivity index (χ3v) is 7.91. The van der Waals surface area contributed by atoms with Gasteiger partial charge in [0.25, 0.3) is 10.2 Å². The van der Waals surface area contributed by atoms with E-state index in [1.807, 2.05) is 11.6 Å². The molecule has 2 aliphatic heterocycles. The molecule has 0 aliphatic carbocycles. The summed E-state index contributed by atoms with van der Waals surface area (Å²) in [5.74, 6) is -0.210. The number of hydrogen-bond acceptors (Lipinski definition) is 6. The van der Waals surface area contributed by atoms with E-state index in [0.29, 0.717) is 45.0 Å². The lowest BCUT2D eigenvalue weighted by molar-refractivity contribution is 0.171. The number of likely N-dealkylation sites (tertiary alicyclic amines) is 1. The summed E-state index contributed by atoms with van der Waals surface area (Å²) in [6, 6.07) is 1.54. The smallest absolute Gasteiger partial charge is 0.281 e. The van der Waals surface area contributed by atoms with Gasteiger partial charge in [0.05, 0.1) is 5.69 Å². The van der Waals surface area contributed by atoms with Gasteiger partial charge >= 0.3 is 0 Å². The molecular weight excluding hydrogens is 394 g/mol. The van der Waals surface area contributed by atoms with Gasteiger partial charge in [0.1, 0.15) is 0 Å². The Bertz CT molecular complexity index is 869. The molecular formula is C19H33N5O4S. The van der Waals surface area contributed by atoms with Crippen LogP contribution in [0.15, 0.2) is 10.9 Å². The Kier molecular flexibility index (Phi) is 7.00. The van der Waals surface area contributed by atoms with Crippen molar-refractivity contribution in [2.45, 2.75) is 32.4 Å². The molecule has 9 nitrogen and oxygen atoms in total. The van der Waals surface area contributed by atoms with E-state index in [1.165, 1.54) is 48.0 Å². The topological polar surface area (TPSA) is 89.3 Å². The number of aromatic nitrogens is 1. The number of rotatable bonds is 6. The molecule has 10 heteroatoms.